The van der Waals surface area contributed by atoms with Crippen LogP contribution in [-0.2, 0) is 4.79 Å². The molecule has 0 saturated carbocycles. The molecular formula is C20H16O5. The van der Waals surface area contributed by atoms with Crippen LogP contribution >= 0.6 is 0 Å². The minimum absolute atomic E-state index is 0.354. The van der Waals surface area contributed by atoms with E-state index in [9.17, 15) is 9.59 Å². The van der Waals surface area contributed by atoms with Crippen LogP contribution in [-0.4, -0.2) is 19.0 Å². The fourth-order valence-corrected chi connectivity index (χ4v) is 2.24. The van der Waals surface area contributed by atoms with Crippen molar-refractivity contribution in [1.29, 1.82) is 0 Å². The molecule has 0 atom stereocenters. The summed E-state index contributed by atoms with van der Waals surface area (Å²) >= 11 is 0. The number of hydrogen-bond donors (Lipinski definition) is 0. The molecule has 1 aliphatic rings. The molecule has 0 heterocycles. The van der Waals surface area contributed by atoms with Crippen molar-refractivity contribution >= 4 is 11.9 Å². The van der Waals surface area contributed by atoms with Gasteiger partial charge in [-0.15, -0.1) is 0 Å². The van der Waals surface area contributed by atoms with E-state index in [1.165, 1.54) is 0 Å². The topological polar surface area (TPSA) is 61.8 Å². The van der Waals surface area contributed by atoms with E-state index in [0.717, 1.165) is 0 Å². The Labute approximate surface area is 145 Å². The van der Waals surface area contributed by atoms with Gasteiger partial charge in [0.15, 0.2) is 0 Å². The van der Waals surface area contributed by atoms with E-state index in [1.54, 1.807) is 79.9 Å². The normalized spacial score (nSPS) is 12.8. The van der Waals surface area contributed by atoms with Gasteiger partial charge < -0.3 is 14.2 Å². The number of carbonyl (C=O) groups excluding carboxylic acids is 2. The Balaban J connectivity index is 1.59. The molecule has 2 aromatic carbocycles. The van der Waals surface area contributed by atoms with Crippen molar-refractivity contribution in [1.82, 2.24) is 0 Å². The molecule has 0 aliphatic heterocycles. The highest BCUT2D eigenvalue weighted by Crippen LogP contribution is 2.21. The lowest BCUT2D eigenvalue weighted by Crippen LogP contribution is -2.15. The van der Waals surface area contributed by atoms with Gasteiger partial charge in [-0.05, 0) is 48.5 Å². The van der Waals surface area contributed by atoms with Gasteiger partial charge in [-0.1, -0.05) is 24.3 Å². The van der Waals surface area contributed by atoms with Crippen molar-refractivity contribution in [2.75, 3.05) is 7.11 Å². The molecule has 0 aromatic heterocycles. The van der Waals surface area contributed by atoms with Gasteiger partial charge in [0.1, 0.15) is 17.2 Å². The third-order valence-corrected chi connectivity index (χ3v) is 3.60. The zero-order valence-corrected chi connectivity index (χ0v) is 13.5. The van der Waals surface area contributed by atoms with E-state index >= 15 is 0 Å². The molecule has 0 N–H and O–H groups in total. The average Bonchev–Trinajstić information content (AvgIpc) is 3.18. The van der Waals surface area contributed by atoms with Crippen LogP contribution in [0.2, 0.25) is 0 Å². The van der Waals surface area contributed by atoms with Crippen LogP contribution in [0.4, 0.5) is 0 Å². The van der Waals surface area contributed by atoms with Crippen molar-refractivity contribution in [3.8, 4) is 17.2 Å². The Morgan fingerprint density at radius 3 is 1.84 bits per heavy atom. The molecule has 0 radical (unpaired) electrons. The first-order valence-electron chi connectivity index (χ1n) is 7.69. The maximum absolute atomic E-state index is 12.1. The van der Waals surface area contributed by atoms with E-state index < -0.39 is 5.97 Å². The summed E-state index contributed by atoms with van der Waals surface area (Å²) in [7, 11) is 1.56. The first-order valence-corrected chi connectivity index (χ1v) is 7.69. The van der Waals surface area contributed by atoms with Gasteiger partial charge in [-0.2, -0.15) is 0 Å². The van der Waals surface area contributed by atoms with Crippen LogP contribution in [0, 0.1) is 5.92 Å². The molecule has 0 amide bonds. The fraction of sp³-hybridized carbons (Fsp3) is 0.100. The van der Waals surface area contributed by atoms with Crippen molar-refractivity contribution in [3.05, 3.63) is 78.4 Å². The van der Waals surface area contributed by atoms with Crippen LogP contribution in [0.15, 0.2) is 72.8 Å². The SMILES string of the molecule is COc1ccc(C(=O)Oc2ccc(OC(=O)C3C=CC=C3)cc2)cc1. The van der Waals surface area contributed by atoms with Crippen LogP contribution in [0.5, 0.6) is 17.2 Å². The lowest BCUT2D eigenvalue weighted by Gasteiger charge is -2.08. The van der Waals surface area contributed by atoms with E-state index in [4.69, 9.17) is 14.2 Å². The van der Waals surface area contributed by atoms with E-state index in [0.29, 0.717) is 22.8 Å². The molecule has 0 bridgehead atoms. The third-order valence-electron chi connectivity index (χ3n) is 3.60. The van der Waals surface area contributed by atoms with Gasteiger partial charge in [0, 0.05) is 0 Å². The molecule has 0 unspecified atom stereocenters. The lowest BCUT2D eigenvalue weighted by atomic mass is 10.2. The summed E-state index contributed by atoms with van der Waals surface area (Å²) in [4.78, 5) is 24.0. The number of esters is 2. The first-order chi connectivity index (χ1) is 12.2. The van der Waals surface area contributed by atoms with Crippen molar-refractivity contribution in [2.24, 2.45) is 5.92 Å². The lowest BCUT2D eigenvalue weighted by molar-refractivity contribution is -0.135. The van der Waals surface area contributed by atoms with Crippen molar-refractivity contribution in [3.63, 3.8) is 0 Å². The summed E-state index contributed by atoms with van der Waals surface area (Å²) in [6, 6.07) is 12.9. The summed E-state index contributed by atoms with van der Waals surface area (Å²) in [6.45, 7) is 0. The largest absolute Gasteiger partial charge is 0.497 e. The van der Waals surface area contributed by atoms with Crippen LogP contribution in [0.25, 0.3) is 0 Å². The molecule has 0 spiro atoms. The molecule has 5 nitrogen and oxygen atoms in total. The molecule has 1 aliphatic carbocycles. The average molecular weight is 336 g/mol. The Hall–Kier alpha value is -3.34. The molecule has 0 saturated heterocycles. The smallest absolute Gasteiger partial charge is 0.343 e. The number of ether oxygens (including phenoxy) is 3. The minimum Gasteiger partial charge on any atom is -0.497 e. The van der Waals surface area contributed by atoms with E-state index in [2.05, 4.69) is 0 Å². The van der Waals surface area contributed by atoms with Gasteiger partial charge in [-0.3, -0.25) is 4.79 Å². The van der Waals surface area contributed by atoms with Crippen LogP contribution in [0.1, 0.15) is 10.4 Å². The zero-order chi connectivity index (χ0) is 17.6. The van der Waals surface area contributed by atoms with Crippen molar-refractivity contribution < 1.29 is 23.8 Å². The maximum Gasteiger partial charge on any atom is 0.343 e. The van der Waals surface area contributed by atoms with Gasteiger partial charge in [0.05, 0.1) is 18.6 Å². The predicted molar refractivity (Wildman–Crippen MR) is 91.8 cm³/mol. The predicted octanol–water partition coefficient (Wildman–Crippen LogP) is 3.56. The highest BCUT2D eigenvalue weighted by molar-refractivity contribution is 5.91. The monoisotopic (exact) mass is 336 g/mol. The number of allylic oxidation sites excluding steroid dienone is 2. The summed E-state index contributed by atoms with van der Waals surface area (Å²) in [6.07, 6.45) is 7.11. The Morgan fingerprint density at radius 1 is 0.760 bits per heavy atom. The Kier molecular flexibility index (Phi) is 4.95. The van der Waals surface area contributed by atoms with Crippen LogP contribution in [0.3, 0.4) is 0 Å². The van der Waals surface area contributed by atoms with Crippen molar-refractivity contribution in [2.45, 2.75) is 0 Å². The summed E-state index contributed by atoms with van der Waals surface area (Å²) < 4.78 is 15.6. The Bertz CT molecular complexity index is 804. The summed E-state index contributed by atoms with van der Waals surface area (Å²) in [5, 5.41) is 0. The second-order valence-corrected chi connectivity index (χ2v) is 5.31. The standard InChI is InChI=1S/C20H16O5/c1-23-16-8-6-15(7-9-16)20(22)25-18-12-10-17(11-13-18)24-19(21)14-4-2-3-5-14/h2-14H,1H3. The fourth-order valence-electron chi connectivity index (χ4n) is 2.24. The number of methoxy groups -OCH3 is 1. The minimum atomic E-state index is -0.478. The van der Waals surface area contributed by atoms with Gasteiger partial charge >= 0.3 is 11.9 Å². The molecule has 126 valence electrons. The third kappa shape index (κ3) is 4.14. The quantitative estimate of drug-likeness (QED) is 0.617. The maximum atomic E-state index is 12.1. The molecule has 2 aromatic rings. The van der Waals surface area contributed by atoms with E-state index in [-0.39, 0.29) is 11.9 Å². The van der Waals surface area contributed by atoms with Gasteiger partial charge in [0.2, 0.25) is 0 Å². The molecular weight excluding hydrogens is 320 g/mol. The molecule has 3 rings (SSSR count). The van der Waals surface area contributed by atoms with Crippen LogP contribution < -0.4 is 14.2 Å². The molecule has 5 heteroatoms. The molecule has 25 heavy (non-hydrogen) atoms. The van der Waals surface area contributed by atoms with Gasteiger partial charge in [0.25, 0.3) is 0 Å². The van der Waals surface area contributed by atoms with E-state index in [1.807, 2.05) is 0 Å². The number of carbonyl (C=O) groups is 2. The molecule has 0 fully saturated rings. The zero-order valence-electron chi connectivity index (χ0n) is 13.5. The highest BCUT2D eigenvalue weighted by Gasteiger charge is 2.16. The summed E-state index contributed by atoms with van der Waals surface area (Å²) in [5.41, 5.74) is 0.413. The summed E-state index contributed by atoms with van der Waals surface area (Å²) in [5.74, 6) is 0.230. The number of hydrogen-bond acceptors (Lipinski definition) is 5. The first kappa shape index (κ1) is 16.5. The number of benzene rings is 2. The highest BCUT2D eigenvalue weighted by atomic mass is 16.5. The second-order valence-electron chi connectivity index (χ2n) is 5.31. The van der Waals surface area contributed by atoms with Gasteiger partial charge in [-0.25, -0.2) is 4.79 Å². The number of rotatable bonds is 5. The second kappa shape index (κ2) is 7.49. The Morgan fingerprint density at radius 2 is 1.28 bits per heavy atom.